The Morgan fingerprint density at radius 1 is 1.06 bits per heavy atom. The Kier molecular flexibility index (Phi) is 8.29. The zero-order valence-corrected chi connectivity index (χ0v) is 21.2. The Balaban J connectivity index is 1.86. The molecule has 0 aliphatic rings. The molecule has 0 spiro atoms. The topological polar surface area (TPSA) is 75.7 Å². The van der Waals surface area contributed by atoms with Crippen LogP contribution >= 0.6 is 15.9 Å². The van der Waals surface area contributed by atoms with E-state index in [-0.39, 0.29) is 29.9 Å². The number of hydrogen-bond donors (Lipinski definition) is 1. The van der Waals surface area contributed by atoms with Crippen molar-refractivity contribution >= 4 is 31.9 Å². The first kappa shape index (κ1) is 25.0. The van der Waals surface area contributed by atoms with Crippen LogP contribution in [0.3, 0.4) is 0 Å². The number of halogens is 1. The van der Waals surface area contributed by atoms with Crippen LogP contribution in [0.1, 0.15) is 29.7 Å². The number of carbonyl (C=O) groups is 1. The van der Waals surface area contributed by atoms with Crippen molar-refractivity contribution in [2.45, 2.75) is 31.3 Å². The minimum absolute atomic E-state index is 0.0763. The number of sulfonamides is 1. The van der Waals surface area contributed by atoms with Gasteiger partial charge in [-0.3, -0.25) is 4.79 Å². The van der Waals surface area contributed by atoms with E-state index in [2.05, 4.69) is 21.2 Å². The molecule has 0 heterocycles. The Bertz CT molecular complexity index is 1220. The molecule has 8 heteroatoms. The Labute approximate surface area is 203 Å². The second-order valence-corrected chi connectivity index (χ2v) is 10.6. The number of hydrogen-bond acceptors (Lipinski definition) is 4. The van der Waals surface area contributed by atoms with Crippen LogP contribution in [0.15, 0.2) is 82.2 Å². The highest BCUT2D eigenvalue weighted by Crippen LogP contribution is 2.25. The second kappa shape index (κ2) is 11.0. The van der Waals surface area contributed by atoms with E-state index < -0.39 is 10.0 Å². The molecule has 0 saturated heterocycles. The zero-order valence-electron chi connectivity index (χ0n) is 18.8. The fourth-order valence-corrected chi connectivity index (χ4v) is 5.37. The molecule has 33 heavy (non-hydrogen) atoms. The summed E-state index contributed by atoms with van der Waals surface area (Å²) in [6.07, 6.45) is 0. The average molecular weight is 531 g/mol. The van der Waals surface area contributed by atoms with Gasteiger partial charge in [-0.25, -0.2) is 8.42 Å². The highest BCUT2D eigenvalue weighted by molar-refractivity contribution is 9.10. The molecule has 0 fully saturated rings. The van der Waals surface area contributed by atoms with Crippen LogP contribution in [0, 0.1) is 6.92 Å². The molecule has 6 nitrogen and oxygen atoms in total. The summed E-state index contributed by atoms with van der Waals surface area (Å²) in [5, 5.41) is 2.91. The van der Waals surface area contributed by atoms with E-state index in [1.165, 1.54) is 17.5 Å². The second-order valence-electron chi connectivity index (χ2n) is 7.73. The number of rotatable bonds is 9. The maximum absolute atomic E-state index is 13.5. The zero-order chi connectivity index (χ0) is 24.0. The first-order valence-electron chi connectivity index (χ1n) is 10.4. The predicted octanol–water partition coefficient (Wildman–Crippen LogP) is 4.83. The van der Waals surface area contributed by atoms with Crippen LogP contribution in [-0.4, -0.2) is 32.3 Å². The largest absolute Gasteiger partial charge is 0.496 e. The molecule has 0 unspecified atom stereocenters. The normalized spacial score (nSPS) is 12.4. The summed E-state index contributed by atoms with van der Waals surface area (Å²) in [5.41, 5.74) is 2.41. The molecule has 3 rings (SSSR count). The molecule has 0 bridgehead atoms. The van der Waals surface area contributed by atoms with Crippen molar-refractivity contribution in [3.8, 4) is 5.75 Å². The summed E-state index contributed by atoms with van der Waals surface area (Å²) in [4.78, 5) is 13.0. The van der Waals surface area contributed by atoms with Crippen molar-refractivity contribution in [1.29, 1.82) is 0 Å². The number of methoxy groups -OCH3 is 1. The Morgan fingerprint density at radius 3 is 2.42 bits per heavy atom. The van der Waals surface area contributed by atoms with Gasteiger partial charge in [0.25, 0.3) is 0 Å². The molecule has 1 amide bonds. The van der Waals surface area contributed by atoms with Gasteiger partial charge in [0.2, 0.25) is 15.9 Å². The van der Waals surface area contributed by atoms with Gasteiger partial charge < -0.3 is 10.1 Å². The molecule has 0 aromatic heterocycles. The maximum atomic E-state index is 13.5. The molecule has 174 valence electrons. The van der Waals surface area contributed by atoms with E-state index in [4.69, 9.17) is 4.74 Å². The lowest BCUT2D eigenvalue weighted by Crippen LogP contribution is -2.41. The Morgan fingerprint density at radius 2 is 1.79 bits per heavy atom. The van der Waals surface area contributed by atoms with Gasteiger partial charge in [0.15, 0.2) is 0 Å². The molecule has 0 saturated carbocycles. The average Bonchev–Trinajstić information content (AvgIpc) is 2.79. The van der Waals surface area contributed by atoms with E-state index in [0.29, 0.717) is 11.3 Å². The molecular weight excluding hydrogens is 504 g/mol. The lowest BCUT2D eigenvalue weighted by Gasteiger charge is -2.24. The minimum Gasteiger partial charge on any atom is -0.496 e. The van der Waals surface area contributed by atoms with E-state index in [1.54, 1.807) is 19.1 Å². The summed E-state index contributed by atoms with van der Waals surface area (Å²) in [6, 6.07) is 21.3. The number of carbonyl (C=O) groups excluding carboxylic acids is 1. The van der Waals surface area contributed by atoms with Gasteiger partial charge in [0.1, 0.15) is 5.75 Å². The highest BCUT2D eigenvalue weighted by Gasteiger charge is 2.28. The lowest BCUT2D eigenvalue weighted by molar-refractivity contribution is -0.122. The number of benzene rings is 3. The summed E-state index contributed by atoms with van der Waals surface area (Å²) in [5.74, 6) is 0.219. The minimum atomic E-state index is -3.94. The van der Waals surface area contributed by atoms with Gasteiger partial charge in [0.05, 0.1) is 24.6 Å². The Hall–Kier alpha value is -2.68. The van der Waals surface area contributed by atoms with Crippen LogP contribution in [0.4, 0.5) is 0 Å². The molecule has 3 aromatic carbocycles. The highest BCUT2D eigenvalue weighted by atomic mass is 79.9. The molecule has 1 N–H and O–H groups in total. The van der Waals surface area contributed by atoms with E-state index in [0.717, 1.165) is 15.6 Å². The van der Waals surface area contributed by atoms with Crippen LogP contribution in [0.5, 0.6) is 5.75 Å². The molecule has 0 aliphatic heterocycles. The maximum Gasteiger partial charge on any atom is 0.243 e. The van der Waals surface area contributed by atoms with Crippen molar-refractivity contribution in [3.63, 3.8) is 0 Å². The molecule has 1 atom stereocenters. The standard InChI is InChI=1S/C25H27BrN2O4S/c1-18-14-23(12-13-24(18)32-3)33(30,31)28(16-20-8-5-4-6-9-20)17-25(29)27-19(2)21-10-7-11-22(26)15-21/h4-15,19H,16-17H2,1-3H3,(H,27,29)/t19-/m0/s1. The number of ether oxygens (including phenoxy) is 1. The molecular formula is C25H27BrN2O4S. The van der Waals surface area contributed by atoms with Crippen LogP contribution < -0.4 is 10.1 Å². The summed E-state index contributed by atoms with van der Waals surface area (Å²) in [6.45, 7) is 3.42. The number of amides is 1. The lowest BCUT2D eigenvalue weighted by atomic mass is 10.1. The van der Waals surface area contributed by atoms with Crippen LogP contribution in [-0.2, 0) is 21.4 Å². The fourth-order valence-electron chi connectivity index (χ4n) is 3.48. The fraction of sp³-hybridized carbons (Fsp3) is 0.240. The monoisotopic (exact) mass is 530 g/mol. The third-order valence-corrected chi connectivity index (χ3v) is 7.53. The first-order valence-corrected chi connectivity index (χ1v) is 12.7. The van der Waals surface area contributed by atoms with Gasteiger partial charge in [-0.15, -0.1) is 0 Å². The predicted molar refractivity (Wildman–Crippen MR) is 132 cm³/mol. The van der Waals surface area contributed by atoms with Crippen LogP contribution in [0.2, 0.25) is 0 Å². The molecule has 0 aliphatic carbocycles. The van der Waals surface area contributed by atoms with Crippen molar-refractivity contribution in [3.05, 3.63) is 94.0 Å². The summed E-state index contributed by atoms with van der Waals surface area (Å²) < 4.78 is 34.4. The quantitative estimate of drug-likeness (QED) is 0.429. The summed E-state index contributed by atoms with van der Waals surface area (Å²) in [7, 11) is -2.40. The van der Waals surface area contributed by atoms with E-state index in [1.807, 2.05) is 61.5 Å². The van der Waals surface area contributed by atoms with Crippen LogP contribution in [0.25, 0.3) is 0 Å². The molecule has 3 aromatic rings. The number of nitrogens with one attached hydrogen (secondary N) is 1. The van der Waals surface area contributed by atoms with Crippen molar-refractivity contribution in [2.75, 3.05) is 13.7 Å². The van der Waals surface area contributed by atoms with E-state index in [9.17, 15) is 13.2 Å². The van der Waals surface area contributed by atoms with Gasteiger partial charge in [-0.2, -0.15) is 4.31 Å². The summed E-state index contributed by atoms with van der Waals surface area (Å²) >= 11 is 3.43. The van der Waals surface area contributed by atoms with E-state index >= 15 is 0 Å². The number of aryl methyl sites for hydroxylation is 1. The number of nitrogens with zero attached hydrogens (tertiary/aromatic N) is 1. The van der Waals surface area contributed by atoms with Crippen molar-refractivity contribution in [1.82, 2.24) is 9.62 Å². The smallest absolute Gasteiger partial charge is 0.243 e. The van der Waals surface area contributed by atoms with Crippen molar-refractivity contribution < 1.29 is 17.9 Å². The molecule has 0 radical (unpaired) electrons. The van der Waals surface area contributed by atoms with Crippen molar-refractivity contribution in [2.24, 2.45) is 0 Å². The SMILES string of the molecule is COc1ccc(S(=O)(=O)N(CC(=O)N[C@@H](C)c2cccc(Br)c2)Cc2ccccc2)cc1C. The first-order chi connectivity index (χ1) is 15.7. The van der Waals surface area contributed by atoms with Gasteiger partial charge in [-0.05, 0) is 60.9 Å². The van der Waals surface area contributed by atoms with Gasteiger partial charge in [0, 0.05) is 11.0 Å². The third-order valence-electron chi connectivity index (χ3n) is 5.25. The van der Waals surface area contributed by atoms with Gasteiger partial charge in [-0.1, -0.05) is 58.4 Å². The third kappa shape index (κ3) is 6.43. The van der Waals surface area contributed by atoms with Gasteiger partial charge >= 0.3 is 0 Å².